The summed E-state index contributed by atoms with van der Waals surface area (Å²) in [4.78, 5) is 1.11. The van der Waals surface area contributed by atoms with Crippen LogP contribution in [0.25, 0.3) is 10.1 Å². The Morgan fingerprint density at radius 3 is 2.85 bits per heavy atom. The molecule has 0 aliphatic carbocycles. The average molecular weight is 196 g/mol. The summed E-state index contributed by atoms with van der Waals surface area (Å²) in [5.41, 5.74) is 0. The van der Waals surface area contributed by atoms with E-state index in [2.05, 4.69) is 0 Å². The Morgan fingerprint density at radius 2 is 2.15 bits per heavy atom. The second-order valence-electron chi connectivity index (χ2n) is 2.86. The lowest BCUT2D eigenvalue weighted by atomic mass is 10.2. The van der Waals surface area contributed by atoms with Gasteiger partial charge in [0.15, 0.2) is 11.6 Å². The molecule has 0 amide bonds. The molecule has 0 aliphatic heterocycles. The molecule has 0 aliphatic rings. The molecule has 0 unspecified atom stereocenters. The number of halogens is 1. The SMILES string of the molecule is COc1ccc2cc(C)sc2c1F. The Labute approximate surface area is 79.8 Å². The number of rotatable bonds is 1. The second-order valence-corrected chi connectivity index (χ2v) is 4.11. The summed E-state index contributed by atoms with van der Waals surface area (Å²) in [6, 6.07) is 5.51. The topological polar surface area (TPSA) is 9.23 Å². The molecule has 3 heteroatoms. The predicted octanol–water partition coefficient (Wildman–Crippen LogP) is 3.36. The highest BCUT2D eigenvalue weighted by atomic mass is 32.1. The van der Waals surface area contributed by atoms with Crippen LogP contribution >= 0.6 is 11.3 Å². The van der Waals surface area contributed by atoms with E-state index < -0.39 is 0 Å². The average Bonchev–Trinajstić information content (AvgIpc) is 2.47. The van der Waals surface area contributed by atoms with Gasteiger partial charge in [0.05, 0.1) is 11.8 Å². The summed E-state index contributed by atoms with van der Waals surface area (Å²) in [7, 11) is 1.48. The lowest BCUT2D eigenvalue weighted by Gasteiger charge is -2.00. The van der Waals surface area contributed by atoms with Gasteiger partial charge in [-0.05, 0) is 30.5 Å². The van der Waals surface area contributed by atoms with Crippen molar-refractivity contribution in [3.05, 3.63) is 28.9 Å². The minimum Gasteiger partial charge on any atom is -0.494 e. The van der Waals surface area contributed by atoms with Crippen molar-refractivity contribution in [2.75, 3.05) is 7.11 Å². The van der Waals surface area contributed by atoms with E-state index in [0.717, 1.165) is 10.3 Å². The molecule has 2 rings (SSSR count). The van der Waals surface area contributed by atoms with Gasteiger partial charge in [0.2, 0.25) is 0 Å². The maximum atomic E-state index is 13.6. The molecule has 1 aromatic heterocycles. The van der Waals surface area contributed by atoms with Crippen molar-refractivity contribution in [1.29, 1.82) is 0 Å². The van der Waals surface area contributed by atoms with E-state index in [9.17, 15) is 4.39 Å². The van der Waals surface area contributed by atoms with Crippen LogP contribution in [-0.4, -0.2) is 7.11 Å². The summed E-state index contributed by atoms with van der Waals surface area (Å²) in [5, 5.41) is 0.945. The molecule has 0 saturated heterocycles. The van der Waals surface area contributed by atoms with Crippen molar-refractivity contribution < 1.29 is 9.13 Å². The molecule has 0 fully saturated rings. The van der Waals surface area contributed by atoms with Crippen molar-refractivity contribution in [3.8, 4) is 5.75 Å². The first kappa shape index (κ1) is 8.51. The number of fused-ring (bicyclic) bond motifs is 1. The molecule has 68 valence electrons. The van der Waals surface area contributed by atoms with E-state index in [1.54, 1.807) is 6.07 Å². The van der Waals surface area contributed by atoms with Gasteiger partial charge in [-0.25, -0.2) is 4.39 Å². The molecule has 0 atom stereocenters. The van der Waals surface area contributed by atoms with Crippen LogP contribution in [-0.2, 0) is 0 Å². The number of hydrogen-bond donors (Lipinski definition) is 0. The van der Waals surface area contributed by atoms with E-state index in [4.69, 9.17) is 4.74 Å². The van der Waals surface area contributed by atoms with Gasteiger partial charge < -0.3 is 4.74 Å². The van der Waals surface area contributed by atoms with Crippen LogP contribution in [0.3, 0.4) is 0 Å². The van der Waals surface area contributed by atoms with E-state index in [-0.39, 0.29) is 5.82 Å². The van der Waals surface area contributed by atoms with Gasteiger partial charge >= 0.3 is 0 Å². The minimum absolute atomic E-state index is 0.252. The molecule has 0 spiro atoms. The summed E-state index contributed by atoms with van der Waals surface area (Å²) >= 11 is 1.45. The molecule has 0 saturated carbocycles. The van der Waals surface area contributed by atoms with Gasteiger partial charge in [0.25, 0.3) is 0 Å². The lowest BCUT2D eigenvalue weighted by Crippen LogP contribution is -1.86. The van der Waals surface area contributed by atoms with Crippen molar-refractivity contribution in [2.24, 2.45) is 0 Å². The molecule has 1 aromatic carbocycles. The first-order valence-corrected chi connectivity index (χ1v) is 4.76. The van der Waals surface area contributed by atoms with Crippen LogP contribution in [0, 0.1) is 12.7 Å². The molecular formula is C10H9FOS. The summed E-state index contributed by atoms with van der Waals surface area (Å²) in [6.07, 6.45) is 0. The van der Waals surface area contributed by atoms with Crippen LogP contribution in [0.5, 0.6) is 5.75 Å². The normalized spacial score (nSPS) is 10.7. The van der Waals surface area contributed by atoms with E-state index in [1.165, 1.54) is 18.4 Å². The second kappa shape index (κ2) is 3.00. The third-order valence-corrected chi connectivity index (χ3v) is 2.99. The van der Waals surface area contributed by atoms with Crippen LogP contribution in [0.4, 0.5) is 4.39 Å². The third kappa shape index (κ3) is 1.29. The molecule has 13 heavy (non-hydrogen) atoms. The number of ether oxygens (including phenoxy) is 1. The van der Waals surface area contributed by atoms with Gasteiger partial charge in [0.1, 0.15) is 0 Å². The Hall–Kier alpha value is -1.09. The molecular weight excluding hydrogens is 187 g/mol. The molecule has 0 bridgehead atoms. The van der Waals surface area contributed by atoms with E-state index >= 15 is 0 Å². The van der Waals surface area contributed by atoms with Crippen LogP contribution in [0.15, 0.2) is 18.2 Å². The zero-order valence-corrected chi connectivity index (χ0v) is 8.24. The lowest BCUT2D eigenvalue weighted by molar-refractivity contribution is 0.389. The van der Waals surface area contributed by atoms with Gasteiger partial charge in [-0.2, -0.15) is 0 Å². The summed E-state index contributed by atoms with van der Waals surface area (Å²) in [6.45, 7) is 1.97. The fourth-order valence-electron chi connectivity index (χ4n) is 1.34. The number of benzene rings is 1. The quantitative estimate of drug-likeness (QED) is 0.679. The Kier molecular flexibility index (Phi) is 1.96. The molecule has 1 nitrogen and oxygen atoms in total. The van der Waals surface area contributed by atoms with Crippen LogP contribution in [0.1, 0.15) is 4.88 Å². The zero-order valence-electron chi connectivity index (χ0n) is 7.43. The van der Waals surface area contributed by atoms with Crippen molar-refractivity contribution in [2.45, 2.75) is 6.92 Å². The highest BCUT2D eigenvalue weighted by Crippen LogP contribution is 2.32. The highest BCUT2D eigenvalue weighted by Gasteiger charge is 2.09. The Bertz CT molecular complexity index is 447. The summed E-state index contributed by atoms with van der Waals surface area (Å²) < 4.78 is 19.1. The Balaban J connectivity index is 2.78. The fourth-order valence-corrected chi connectivity index (χ4v) is 2.28. The van der Waals surface area contributed by atoms with Crippen molar-refractivity contribution in [3.63, 3.8) is 0 Å². The van der Waals surface area contributed by atoms with Gasteiger partial charge in [-0.1, -0.05) is 0 Å². The highest BCUT2D eigenvalue weighted by molar-refractivity contribution is 7.19. The fraction of sp³-hybridized carbons (Fsp3) is 0.200. The smallest absolute Gasteiger partial charge is 0.182 e. The largest absolute Gasteiger partial charge is 0.494 e. The Morgan fingerprint density at radius 1 is 1.38 bits per heavy atom. The first-order valence-electron chi connectivity index (χ1n) is 3.95. The van der Waals surface area contributed by atoms with Gasteiger partial charge in [-0.15, -0.1) is 11.3 Å². The maximum absolute atomic E-state index is 13.6. The van der Waals surface area contributed by atoms with E-state index in [1.807, 2.05) is 19.1 Å². The molecule has 1 heterocycles. The molecule has 2 aromatic rings. The van der Waals surface area contributed by atoms with Crippen LogP contribution in [0.2, 0.25) is 0 Å². The van der Waals surface area contributed by atoms with Gasteiger partial charge in [-0.3, -0.25) is 0 Å². The van der Waals surface area contributed by atoms with E-state index in [0.29, 0.717) is 10.4 Å². The molecule has 0 N–H and O–H groups in total. The van der Waals surface area contributed by atoms with Crippen molar-refractivity contribution in [1.82, 2.24) is 0 Å². The summed E-state index contributed by atoms with van der Waals surface area (Å²) in [5.74, 6) is 0.0625. The maximum Gasteiger partial charge on any atom is 0.182 e. The van der Waals surface area contributed by atoms with Crippen LogP contribution < -0.4 is 4.74 Å². The number of aryl methyl sites for hydroxylation is 1. The standard InChI is InChI=1S/C10H9FOS/c1-6-5-7-3-4-8(12-2)9(11)10(7)13-6/h3-5H,1-2H3. The number of methoxy groups -OCH3 is 1. The zero-order chi connectivity index (χ0) is 9.42. The predicted molar refractivity (Wildman–Crippen MR) is 53.1 cm³/mol. The van der Waals surface area contributed by atoms with Gasteiger partial charge in [0, 0.05) is 4.88 Å². The number of hydrogen-bond acceptors (Lipinski definition) is 2. The van der Waals surface area contributed by atoms with Crippen molar-refractivity contribution >= 4 is 21.4 Å². The molecule has 0 radical (unpaired) electrons. The monoisotopic (exact) mass is 196 g/mol. The first-order chi connectivity index (χ1) is 6.22. The number of thiophene rings is 1. The third-order valence-electron chi connectivity index (χ3n) is 1.93. The minimum atomic E-state index is -0.252.